The third-order valence-corrected chi connectivity index (χ3v) is 7.35. The van der Waals surface area contributed by atoms with Crippen molar-refractivity contribution in [3.05, 3.63) is 65.7 Å². The number of fused-ring (bicyclic) bond motifs is 2. The van der Waals surface area contributed by atoms with Crippen molar-refractivity contribution < 1.29 is 28.0 Å². The van der Waals surface area contributed by atoms with Gasteiger partial charge in [-0.15, -0.1) is 10.2 Å². The zero-order valence-electron chi connectivity index (χ0n) is 17.6. The van der Waals surface area contributed by atoms with Crippen molar-refractivity contribution in [1.82, 2.24) is 25.5 Å². The number of ether oxygens (including phenoxy) is 1. The van der Waals surface area contributed by atoms with Crippen LogP contribution in [0.2, 0.25) is 0 Å². The number of methoxy groups -OCH3 is 1. The second-order valence-electron chi connectivity index (χ2n) is 7.79. The normalized spacial score (nSPS) is 19.8. The lowest BCUT2D eigenvalue weighted by atomic mass is 10.1. The molecule has 1 saturated heterocycles. The highest BCUT2D eigenvalue weighted by molar-refractivity contribution is 7.39. The quantitative estimate of drug-likeness (QED) is 0.330. The van der Waals surface area contributed by atoms with Gasteiger partial charge in [0.2, 0.25) is 17.6 Å². The lowest BCUT2D eigenvalue weighted by molar-refractivity contribution is -0.121. The molecule has 1 fully saturated rings. The topological polar surface area (TPSA) is 140 Å². The molecule has 4 aromatic rings. The number of aromatic nitrogens is 2. The lowest BCUT2D eigenvalue weighted by Crippen LogP contribution is -2.42. The first-order valence-electron chi connectivity index (χ1n) is 10.2. The number of carbonyl (C=O) groups is 3. The summed E-state index contributed by atoms with van der Waals surface area (Å²) >= 11 is 0. The summed E-state index contributed by atoms with van der Waals surface area (Å²) in [6, 6.07) is 11.6. The number of nitrogens with zero attached hydrogens (tertiary/aromatic N) is 3. The third kappa shape index (κ3) is 3.05. The van der Waals surface area contributed by atoms with E-state index in [1.807, 2.05) is 6.07 Å². The van der Waals surface area contributed by atoms with Crippen LogP contribution in [-0.4, -0.2) is 39.8 Å². The molecular weight excluding hydrogens is 461 g/mol. The number of urea groups is 1. The summed E-state index contributed by atoms with van der Waals surface area (Å²) < 4.78 is 18.1. The number of amides is 4. The third-order valence-electron chi connectivity index (χ3n) is 5.79. The molecule has 4 amide bonds. The molecule has 2 aromatic heterocycles. The van der Waals surface area contributed by atoms with E-state index in [4.69, 9.17) is 13.6 Å². The number of hydrogen-bond donors (Lipinski definition) is 2. The molecule has 0 radical (unpaired) electrons. The van der Waals surface area contributed by atoms with E-state index in [0.717, 1.165) is 5.56 Å². The minimum absolute atomic E-state index is 0.216. The first-order valence-corrected chi connectivity index (χ1v) is 11.1. The fourth-order valence-corrected chi connectivity index (χ4v) is 5.55. The Morgan fingerprint density at radius 1 is 1.15 bits per heavy atom. The average molecular weight is 477 g/mol. The molecule has 0 saturated carbocycles. The Morgan fingerprint density at radius 3 is 2.76 bits per heavy atom. The molecule has 2 aliphatic heterocycles. The highest BCUT2D eigenvalue weighted by atomic mass is 31.1. The van der Waals surface area contributed by atoms with Crippen LogP contribution in [0.25, 0.3) is 22.4 Å². The van der Waals surface area contributed by atoms with Gasteiger partial charge in [-0.2, -0.15) is 0 Å². The van der Waals surface area contributed by atoms with Gasteiger partial charge in [0, 0.05) is 25.2 Å². The fraction of sp³-hybridized carbons (Fsp3) is 0.136. The summed E-state index contributed by atoms with van der Waals surface area (Å²) in [5.41, 5.74) is 2.42. The number of imide groups is 1. The maximum absolute atomic E-state index is 13.1. The zero-order valence-corrected chi connectivity index (χ0v) is 18.6. The molecule has 6 rings (SSSR count). The first kappa shape index (κ1) is 20.4. The van der Waals surface area contributed by atoms with Crippen molar-refractivity contribution in [1.29, 1.82) is 0 Å². The van der Waals surface area contributed by atoms with Gasteiger partial charge in [0.05, 0.1) is 13.7 Å². The molecule has 12 heteroatoms. The van der Waals surface area contributed by atoms with Crippen LogP contribution < -0.4 is 15.4 Å². The maximum atomic E-state index is 13.1. The van der Waals surface area contributed by atoms with Gasteiger partial charge in [-0.25, -0.2) is 4.79 Å². The van der Waals surface area contributed by atoms with Gasteiger partial charge in [0.1, 0.15) is 17.1 Å². The summed E-state index contributed by atoms with van der Waals surface area (Å²) in [4.78, 5) is 38.4. The average Bonchev–Trinajstić information content (AvgIpc) is 3.61. The van der Waals surface area contributed by atoms with Gasteiger partial charge in [0.25, 0.3) is 11.8 Å². The molecule has 2 atom stereocenters. The molecular formula is C22H16N5O6P. The van der Waals surface area contributed by atoms with Crippen molar-refractivity contribution in [2.24, 2.45) is 0 Å². The fourth-order valence-electron chi connectivity index (χ4n) is 4.11. The van der Waals surface area contributed by atoms with E-state index >= 15 is 0 Å². The molecule has 2 aliphatic rings. The van der Waals surface area contributed by atoms with Gasteiger partial charge in [0.15, 0.2) is 0 Å². The van der Waals surface area contributed by atoms with E-state index in [1.165, 1.54) is 18.2 Å². The van der Waals surface area contributed by atoms with Gasteiger partial charge >= 0.3 is 6.03 Å². The van der Waals surface area contributed by atoms with Crippen molar-refractivity contribution in [2.45, 2.75) is 11.8 Å². The monoisotopic (exact) mass is 477 g/mol. The van der Waals surface area contributed by atoms with E-state index in [9.17, 15) is 14.4 Å². The van der Waals surface area contributed by atoms with Crippen LogP contribution >= 0.6 is 8.73 Å². The number of carbonyl (C=O) groups excluding carboxylic acids is 3. The standard InChI is InChI=1S/C22H16N5O6P/c1-31-14-5-4-13-9-27(19(28)15(13)8-14)34-22(20(29)24-21(30)25-22)17-7-11-2-3-12(6-16(11)33-17)18-26-23-10-32-18/h2-8,10,34H,9H2,1H3,(H2,24,25,29,30). The van der Waals surface area contributed by atoms with E-state index in [2.05, 4.69) is 20.8 Å². The molecule has 0 bridgehead atoms. The van der Waals surface area contributed by atoms with Gasteiger partial charge in [-0.05, 0) is 35.9 Å². The minimum atomic E-state index is -1.57. The Kier molecular flexibility index (Phi) is 4.43. The van der Waals surface area contributed by atoms with Crippen LogP contribution in [0.15, 0.2) is 57.7 Å². The molecule has 2 aromatic carbocycles. The Labute approximate surface area is 193 Å². The summed E-state index contributed by atoms with van der Waals surface area (Å²) in [5.74, 6) is 0.254. The van der Waals surface area contributed by atoms with Crippen molar-refractivity contribution in [3.63, 3.8) is 0 Å². The van der Waals surface area contributed by atoms with Crippen LogP contribution in [-0.2, 0) is 16.6 Å². The van der Waals surface area contributed by atoms with Crippen molar-refractivity contribution in [2.75, 3.05) is 7.11 Å². The molecule has 2 unspecified atom stereocenters. The highest BCUT2D eigenvalue weighted by Crippen LogP contribution is 2.49. The number of hydrogen-bond acceptors (Lipinski definition) is 8. The molecule has 0 aliphatic carbocycles. The number of benzene rings is 2. The Morgan fingerprint density at radius 2 is 2.03 bits per heavy atom. The summed E-state index contributed by atoms with van der Waals surface area (Å²) in [5, 5.41) is 11.7. The predicted octanol–water partition coefficient (Wildman–Crippen LogP) is 2.73. The van der Waals surface area contributed by atoms with Crippen LogP contribution in [0.4, 0.5) is 4.79 Å². The number of nitrogens with one attached hydrogen (secondary N) is 2. The highest BCUT2D eigenvalue weighted by Gasteiger charge is 2.53. The van der Waals surface area contributed by atoms with Crippen LogP contribution in [0, 0.1) is 0 Å². The van der Waals surface area contributed by atoms with Crippen LogP contribution in [0.1, 0.15) is 21.7 Å². The molecule has 11 nitrogen and oxygen atoms in total. The lowest BCUT2D eigenvalue weighted by Gasteiger charge is -2.28. The largest absolute Gasteiger partial charge is 0.497 e. The second-order valence-corrected chi connectivity index (χ2v) is 9.31. The smallest absolute Gasteiger partial charge is 0.323 e. The summed E-state index contributed by atoms with van der Waals surface area (Å²) in [6.07, 6.45) is 1.22. The second kappa shape index (κ2) is 7.39. The van der Waals surface area contributed by atoms with Crippen molar-refractivity contribution >= 4 is 37.5 Å². The Hall–Kier alpha value is -4.24. The van der Waals surface area contributed by atoms with Crippen LogP contribution in [0.3, 0.4) is 0 Å². The van der Waals surface area contributed by atoms with Crippen molar-refractivity contribution in [3.8, 4) is 17.2 Å². The molecule has 34 heavy (non-hydrogen) atoms. The molecule has 170 valence electrons. The van der Waals surface area contributed by atoms with E-state index in [-0.39, 0.29) is 11.7 Å². The summed E-state index contributed by atoms with van der Waals surface area (Å²) in [7, 11) is 1.08. The minimum Gasteiger partial charge on any atom is -0.497 e. The first-order chi connectivity index (χ1) is 16.5. The molecule has 4 heterocycles. The Bertz CT molecular complexity index is 1480. The van der Waals surface area contributed by atoms with Crippen LogP contribution in [0.5, 0.6) is 5.75 Å². The van der Waals surface area contributed by atoms with E-state index in [1.54, 1.807) is 36.4 Å². The van der Waals surface area contributed by atoms with Gasteiger partial charge in [-0.3, -0.25) is 14.9 Å². The molecule has 2 N–H and O–H groups in total. The zero-order chi connectivity index (χ0) is 23.4. The van der Waals surface area contributed by atoms with E-state index < -0.39 is 25.9 Å². The number of furan rings is 1. The SMILES string of the molecule is COc1ccc2c(c1)C(=O)N(PC1(c3cc4ccc(-c5nnco5)cc4o3)NC(=O)NC1=O)C2. The summed E-state index contributed by atoms with van der Waals surface area (Å²) in [6.45, 7) is 0.295. The Balaban J connectivity index is 1.39. The van der Waals surface area contributed by atoms with E-state index in [0.29, 0.717) is 40.3 Å². The maximum Gasteiger partial charge on any atom is 0.323 e. The number of rotatable bonds is 5. The van der Waals surface area contributed by atoms with Gasteiger partial charge in [-0.1, -0.05) is 12.1 Å². The van der Waals surface area contributed by atoms with Gasteiger partial charge < -0.3 is 23.6 Å². The molecule has 0 spiro atoms. The predicted molar refractivity (Wildman–Crippen MR) is 119 cm³/mol.